The van der Waals surface area contributed by atoms with Crippen molar-refractivity contribution < 1.29 is 4.74 Å². The largest absolute Gasteiger partial charge is 0.473 e. The van der Waals surface area contributed by atoms with Gasteiger partial charge in [-0.1, -0.05) is 0 Å². The molecule has 1 aromatic heterocycles. The zero-order valence-electron chi connectivity index (χ0n) is 6.94. The second-order valence-corrected chi connectivity index (χ2v) is 4.04. The van der Waals surface area contributed by atoms with Gasteiger partial charge in [0.2, 0.25) is 5.90 Å². The number of ether oxygens (including phenoxy) is 1. The standard InChI is InChI=1S/C7H9N3OS/c1-7(2)3-11-5(10-7)6-8-4-9-12-6/h4H,3H2,1-2H3. The van der Waals surface area contributed by atoms with Gasteiger partial charge in [0, 0.05) is 0 Å². The minimum Gasteiger partial charge on any atom is -0.473 e. The molecule has 0 fully saturated rings. The Balaban J connectivity index is 2.28. The van der Waals surface area contributed by atoms with E-state index in [-0.39, 0.29) is 5.54 Å². The fraction of sp³-hybridized carbons (Fsp3) is 0.571. The molecular formula is C7H9N3OS. The third-order valence-electron chi connectivity index (χ3n) is 1.51. The molecule has 0 amide bonds. The normalized spacial score (nSPS) is 20.3. The average molecular weight is 183 g/mol. The van der Waals surface area contributed by atoms with Crippen molar-refractivity contribution >= 4 is 17.4 Å². The van der Waals surface area contributed by atoms with Gasteiger partial charge in [-0.05, 0) is 25.4 Å². The molecule has 0 atom stereocenters. The molecule has 0 N–H and O–H groups in total. The van der Waals surface area contributed by atoms with Crippen LogP contribution in [0, 0.1) is 0 Å². The molecule has 0 aromatic carbocycles. The summed E-state index contributed by atoms with van der Waals surface area (Å²) < 4.78 is 9.25. The van der Waals surface area contributed by atoms with Gasteiger partial charge in [0.05, 0.1) is 5.54 Å². The van der Waals surface area contributed by atoms with Crippen LogP contribution in [0.2, 0.25) is 0 Å². The van der Waals surface area contributed by atoms with Crippen LogP contribution in [0.5, 0.6) is 0 Å². The van der Waals surface area contributed by atoms with Crippen molar-refractivity contribution in [1.82, 2.24) is 9.36 Å². The van der Waals surface area contributed by atoms with Crippen molar-refractivity contribution in [2.75, 3.05) is 6.61 Å². The van der Waals surface area contributed by atoms with Gasteiger partial charge in [-0.15, -0.1) is 0 Å². The van der Waals surface area contributed by atoms with E-state index in [0.717, 1.165) is 5.01 Å². The zero-order chi connectivity index (χ0) is 8.60. The van der Waals surface area contributed by atoms with Crippen LogP contribution < -0.4 is 0 Å². The summed E-state index contributed by atoms with van der Waals surface area (Å²) in [6.07, 6.45) is 1.51. The Morgan fingerprint density at radius 1 is 1.58 bits per heavy atom. The van der Waals surface area contributed by atoms with E-state index < -0.39 is 0 Å². The summed E-state index contributed by atoms with van der Waals surface area (Å²) in [4.78, 5) is 8.38. The summed E-state index contributed by atoms with van der Waals surface area (Å²) in [6.45, 7) is 4.68. The van der Waals surface area contributed by atoms with Crippen LogP contribution in [0.4, 0.5) is 0 Å². The minimum absolute atomic E-state index is 0.110. The lowest BCUT2D eigenvalue weighted by molar-refractivity contribution is 0.279. The van der Waals surface area contributed by atoms with Crippen molar-refractivity contribution in [3.8, 4) is 0 Å². The Labute approximate surface area is 74.5 Å². The van der Waals surface area contributed by atoms with Crippen LogP contribution >= 0.6 is 11.5 Å². The van der Waals surface area contributed by atoms with Crippen LogP contribution in [0.1, 0.15) is 18.9 Å². The van der Waals surface area contributed by atoms with E-state index in [1.54, 1.807) is 0 Å². The van der Waals surface area contributed by atoms with Gasteiger partial charge in [-0.2, -0.15) is 4.37 Å². The smallest absolute Gasteiger partial charge is 0.248 e. The Bertz CT molecular complexity index is 304. The van der Waals surface area contributed by atoms with Gasteiger partial charge in [0.1, 0.15) is 12.9 Å². The highest BCUT2D eigenvalue weighted by Crippen LogP contribution is 2.20. The van der Waals surface area contributed by atoms with E-state index >= 15 is 0 Å². The molecular weight excluding hydrogens is 174 g/mol. The highest BCUT2D eigenvalue weighted by atomic mass is 32.1. The van der Waals surface area contributed by atoms with Gasteiger partial charge in [0.15, 0.2) is 5.01 Å². The molecule has 0 saturated heterocycles. The third-order valence-corrected chi connectivity index (χ3v) is 2.16. The van der Waals surface area contributed by atoms with Crippen molar-refractivity contribution in [3.05, 3.63) is 11.3 Å². The highest BCUT2D eigenvalue weighted by Gasteiger charge is 2.28. The predicted molar refractivity (Wildman–Crippen MR) is 46.5 cm³/mol. The summed E-state index contributed by atoms with van der Waals surface area (Å²) in [5.41, 5.74) is -0.110. The molecule has 0 aliphatic carbocycles. The van der Waals surface area contributed by atoms with Crippen molar-refractivity contribution in [2.24, 2.45) is 4.99 Å². The first kappa shape index (κ1) is 7.67. The summed E-state index contributed by atoms with van der Waals surface area (Å²) >= 11 is 1.30. The lowest BCUT2D eigenvalue weighted by atomic mass is 10.1. The maximum absolute atomic E-state index is 5.37. The molecule has 12 heavy (non-hydrogen) atoms. The van der Waals surface area contributed by atoms with E-state index in [2.05, 4.69) is 14.3 Å². The lowest BCUT2D eigenvalue weighted by Crippen LogP contribution is -2.17. The number of aliphatic imine (C=N–C) groups is 1. The van der Waals surface area contributed by atoms with E-state index in [4.69, 9.17) is 4.74 Å². The van der Waals surface area contributed by atoms with Crippen molar-refractivity contribution in [2.45, 2.75) is 19.4 Å². The van der Waals surface area contributed by atoms with E-state index in [0.29, 0.717) is 12.5 Å². The first-order valence-corrected chi connectivity index (χ1v) is 4.44. The van der Waals surface area contributed by atoms with Crippen LogP contribution in [0.15, 0.2) is 11.3 Å². The van der Waals surface area contributed by atoms with E-state index in [1.807, 2.05) is 13.8 Å². The Morgan fingerprint density at radius 3 is 2.92 bits per heavy atom. The van der Waals surface area contributed by atoms with Crippen molar-refractivity contribution in [1.29, 1.82) is 0 Å². The van der Waals surface area contributed by atoms with Gasteiger partial charge in [0.25, 0.3) is 0 Å². The molecule has 0 spiro atoms. The summed E-state index contributed by atoms with van der Waals surface area (Å²) in [6, 6.07) is 0. The number of rotatable bonds is 1. The quantitative estimate of drug-likeness (QED) is 0.655. The number of hydrogen-bond acceptors (Lipinski definition) is 5. The molecule has 2 heterocycles. The van der Waals surface area contributed by atoms with Crippen LogP contribution in [-0.4, -0.2) is 27.4 Å². The molecule has 0 saturated carbocycles. The fourth-order valence-electron chi connectivity index (χ4n) is 0.961. The summed E-state index contributed by atoms with van der Waals surface area (Å²) in [7, 11) is 0. The minimum atomic E-state index is -0.110. The fourth-order valence-corrected chi connectivity index (χ4v) is 1.43. The SMILES string of the molecule is CC1(C)COC(c2ncns2)=N1. The molecule has 0 bridgehead atoms. The number of aromatic nitrogens is 2. The topological polar surface area (TPSA) is 47.4 Å². The maximum atomic E-state index is 5.37. The summed E-state index contributed by atoms with van der Waals surface area (Å²) in [5.74, 6) is 0.627. The second kappa shape index (κ2) is 2.52. The zero-order valence-corrected chi connectivity index (χ0v) is 7.76. The number of nitrogens with zero attached hydrogens (tertiary/aromatic N) is 3. The summed E-state index contributed by atoms with van der Waals surface area (Å²) in [5, 5.41) is 0.764. The van der Waals surface area contributed by atoms with E-state index in [9.17, 15) is 0 Å². The lowest BCUT2D eigenvalue weighted by Gasteiger charge is -2.07. The average Bonchev–Trinajstić information content (AvgIpc) is 2.55. The molecule has 1 aliphatic rings. The van der Waals surface area contributed by atoms with E-state index in [1.165, 1.54) is 17.9 Å². The van der Waals surface area contributed by atoms with Gasteiger partial charge in [-0.25, -0.2) is 9.98 Å². The second-order valence-electron chi connectivity index (χ2n) is 3.26. The van der Waals surface area contributed by atoms with Gasteiger partial charge < -0.3 is 4.74 Å². The molecule has 0 radical (unpaired) electrons. The van der Waals surface area contributed by atoms with Gasteiger partial charge in [-0.3, -0.25) is 0 Å². The Hall–Kier alpha value is -0.970. The molecule has 64 valence electrons. The monoisotopic (exact) mass is 183 g/mol. The first-order valence-electron chi connectivity index (χ1n) is 3.67. The molecule has 2 rings (SSSR count). The first-order chi connectivity index (χ1) is 5.67. The molecule has 5 heteroatoms. The Kier molecular flexibility index (Phi) is 1.61. The molecule has 4 nitrogen and oxygen atoms in total. The van der Waals surface area contributed by atoms with Crippen molar-refractivity contribution in [3.63, 3.8) is 0 Å². The van der Waals surface area contributed by atoms with Gasteiger partial charge >= 0.3 is 0 Å². The van der Waals surface area contributed by atoms with Crippen LogP contribution in [0.25, 0.3) is 0 Å². The number of hydrogen-bond donors (Lipinski definition) is 0. The van der Waals surface area contributed by atoms with Crippen LogP contribution in [-0.2, 0) is 4.74 Å². The molecule has 1 aliphatic heterocycles. The highest BCUT2D eigenvalue weighted by molar-refractivity contribution is 7.07. The predicted octanol–water partition coefficient (Wildman–Crippen LogP) is 1.09. The molecule has 1 aromatic rings. The van der Waals surface area contributed by atoms with Crippen LogP contribution in [0.3, 0.4) is 0 Å². The maximum Gasteiger partial charge on any atom is 0.248 e. The third kappa shape index (κ3) is 1.32. The molecule has 0 unspecified atom stereocenters. The Morgan fingerprint density at radius 2 is 2.42 bits per heavy atom.